The lowest BCUT2D eigenvalue weighted by Crippen LogP contribution is -2.48. The Labute approximate surface area is 157 Å². The number of amides is 2. The van der Waals surface area contributed by atoms with Crippen LogP contribution in [0, 0.1) is 0 Å². The molecule has 2 aromatic rings. The molecule has 136 valence electrons. The number of rotatable bonds is 6. The summed E-state index contributed by atoms with van der Waals surface area (Å²) in [6.45, 7) is 3.57. The van der Waals surface area contributed by atoms with Gasteiger partial charge in [-0.1, -0.05) is 30.3 Å². The number of piperazine rings is 1. The molecule has 1 saturated heterocycles. The highest BCUT2D eigenvalue weighted by atomic mass is 32.2. The zero-order valence-corrected chi connectivity index (χ0v) is 15.5. The predicted octanol–water partition coefficient (Wildman–Crippen LogP) is 2.28. The number of thioether (sulfide) groups is 1. The van der Waals surface area contributed by atoms with Crippen molar-refractivity contribution in [3.8, 4) is 0 Å². The molecule has 26 heavy (non-hydrogen) atoms. The summed E-state index contributed by atoms with van der Waals surface area (Å²) in [5.74, 6) is 1.49. The van der Waals surface area contributed by atoms with Gasteiger partial charge in [0.15, 0.2) is 0 Å². The summed E-state index contributed by atoms with van der Waals surface area (Å²) in [6.07, 6.45) is 1.63. The molecule has 1 fully saturated rings. The largest absolute Gasteiger partial charge is 0.353 e. The van der Waals surface area contributed by atoms with Crippen LogP contribution in [0.2, 0.25) is 0 Å². The first-order valence-electron chi connectivity index (χ1n) is 8.56. The Morgan fingerprint density at radius 2 is 2.12 bits per heavy atom. The fraction of sp³-hybridized carbons (Fsp3) is 0.316. The number of nitrogens with one attached hydrogen (secondary N) is 2. The van der Waals surface area contributed by atoms with Gasteiger partial charge in [-0.2, -0.15) is 0 Å². The van der Waals surface area contributed by atoms with Crippen molar-refractivity contribution in [2.75, 3.05) is 29.9 Å². The van der Waals surface area contributed by atoms with Gasteiger partial charge < -0.3 is 15.5 Å². The van der Waals surface area contributed by atoms with Crippen molar-refractivity contribution < 1.29 is 9.59 Å². The molecule has 0 spiro atoms. The Morgan fingerprint density at radius 1 is 1.31 bits per heavy atom. The maximum absolute atomic E-state index is 12.3. The van der Waals surface area contributed by atoms with E-state index in [4.69, 9.17) is 0 Å². The minimum atomic E-state index is -0.166. The van der Waals surface area contributed by atoms with Gasteiger partial charge in [0.25, 0.3) is 0 Å². The monoisotopic (exact) mass is 370 g/mol. The number of hydrogen-bond donors (Lipinski definition) is 2. The normalized spacial score (nSPS) is 15.3. The highest BCUT2D eigenvalue weighted by molar-refractivity contribution is 7.99. The van der Waals surface area contributed by atoms with Crippen LogP contribution in [0.3, 0.4) is 0 Å². The van der Waals surface area contributed by atoms with Crippen LogP contribution in [0.4, 0.5) is 11.5 Å². The lowest BCUT2D eigenvalue weighted by atomic mass is 10.2. The number of anilines is 2. The molecule has 0 aliphatic carbocycles. The summed E-state index contributed by atoms with van der Waals surface area (Å²) >= 11 is 1.60. The summed E-state index contributed by atoms with van der Waals surface area (Å²) in [4.78, 5) is 30.1. The lowest BCUT2D eigenvalue weighted by Gasteiger charge is -2.27. The maximum atomic E-state index is 12.3. The van der Waals surface area contributed by atoms with Gasteiger partial charge in [0.05, 0.1) is 23.7 Å². The van der Waals surface area contributed by atoms with E-state index in [-0.39, 0.29) is 17.1 Å². The van der Waals surface area contributed by atoms with Crippen molar-refractivity contribution in [2.45, 2.75) is 17.9 Å². The molecule has 3 rings (SSSR count). The number of carbonyl (C=O) groups excluding carboxylic acids is 2. The molecule has 0 unspecified atom stereocenters. The first-order valence-corrected chi connectivity index (χ1v) is 9.61. The molecule has 0 radical (unpaired) electrons. The fourth-order valence-electron chi connectivity index (χ4n) is 2.60. The Balaban J connectivity index is 1.51. The van der Waals surface area contributed by atoms with Gasteiger partial charge in [-0.25, -0.2) is 4.98 Å². The molecule has 7 heteroatoms. The van der Waals surface area contributed by atoms with E-state index in [2.05, 4.69) is 27.8 Å². The quantitative estimate of drug-likeness (QED) is 0.816. The van der Waals surface area contributed by atoms with E-state index in [1.54, 1.807) is 18.0 Å². The highest BCUT2D eigenvalue weighted by Gasteiger charge is 2.18. The zero-order valence-electron chi connectivity index (χ0n) is 14.6. The SMILES string of the molecule is C[C@@H](SCc1ccccc1)C(=O)Nc1ccc(N2CCNC(=O)C2)nc1. The second-order valence-corrected chi connectivity index (χ2v) is 7.43. The number of aromatic nitrogens is 1. The number of nitrogens with zero attached hydrogens (tertiary/aromatic N) is 2. The molecule has 2 N–H and O–H groups in total. The Kier molecular flexibility index (Phi) is 6.12. The summed E-state index contributed by atoms with van der Waals surface area (Å²) in [6, 6.07) is 13.7. The van der Waals surface area contributed by atoms with Gasteiger partial charge >= 0.3 is 0 Å². The third kappa shape index (κ3) is 4.98. The predicted molar refractivity (Wildman–Crippen MR) is 105 cm³/mol. The minimum Gasteiger partial charge on any atom is -0.353 e. The summed E-state index contributed by atoms with van der Waals surface area (Å²) in [7, 11) is 0. The van der Waals surface area contributed by atoms with E-state index in [0.29, 0.717) is 18.8 Å². The topological polar surface area (TPSA) is 74.3 Å². The first-order chi connectivity index (χ1) is 12.6. The molecule has 1 atom stereocenters. The van der Waals surface area contributed by atoms with E-state index in [9.17, 15) is 9.59 Å². The molecule has 6 nitrogen and oxygen atoms in total. The molecule has 1 aromatic heterocycles. The van der Waals surface area contributed by atoms with Crippen molar-refractivity contribution in [3.63, 3.8) is 0 Å². The minimum absolute atomic E-state index is 0.000282. The number of hydrogen-bond acceptors (Lipinski definition) is 5. The Morgan fingerprint density at radius 3 is 2.81 bits per heavy atom. The van der Waals surface area contributed by atoms with Crippen LogP contribution < -0.4 is 15.5 Å². The average Bonchev–Trinajstić information content (AvgIpc) is 2.67. The second kappa shape index (κ2) is 8.71. The van der Waals surface area contributed by atoms with Crippen LogP contribution >= 0.6 is 11.8 Å². The van der Waals surface area contributed by atoms with Crippen LogP contribution in [0.5, 0.6) is 0 Å². The molecule has 0 saturated carbocycles. The van der Waals surface area contributed by atoms with Gasteiger partial charge in [-0.05, 0) is 24.6 Å². The van der Waals surface area contributed by atoms with Crippen LogP contribution in [-0.4, -0.2) is 41.7 Å². The van der Waals surface area contributed by atoms with E-state index < -0.39 is 0 Å². The molecular formula is C19H22N4O2S. The van der Waals surface area contributed by atoms with Crippen molar-refractivity contribution >= 4 is 35.1 Å². The molecular weight excluding hydrogens is 348 g/mol. The van der Waals surface area contributed by atoms with E-state index in [1.807, 2.05) is 42.2 Å². The van der Waals surface area contributed by atoms with Gasteiger partial charge in [0, 0.05) is 18.8 Å². The van der Waals surface area contributed by atoms with E-state index in [0.717, 1.165) is 18.1 Å². The molecule has 1 aliphatic heterocycles. The third-order valence-corrected chi connectivity index (χ3v) is 5.30. The van der Waals surface area contributed by atoms with Crippen molar-refractivity contribution in [2.24, 2.45) is 0 Å². The van der Waals surface area contributed by atoms with Crippen molar-refractivity contribution in [1.82, 2.24) is 10.3 Å². The van der Waals surface area contributed by atoms with Crippen LogP contribution in [-0.2, 0) is 15.3 Å². The van der Waals surface area contributed by atoms with Crippen LogP contribution in [0.15, 0.2) is 48.7 Å². The summed E-state index contributed by atoms with van der Waals surface area (Å²) < 4.78 is 0. The maximum Gasteiger partial charge on any atom is 0.239 e. The molecule has 2 amide bonds. The molecule has 1 aliphatic rings. The molecule has 2 heterocycles. The lowest BCUT2D eigenvalue weighted by molar-refractivity contribution is -0.120. The smallest absolute Gasteiger partial charge is 0.239 e. The van der Waals surface area contributed by atoms with Gasteiger partial charge in [0.2, 0.25) is 11.8 Å². The zero-order chi connectivity index (χ0) is 18.4. The van der Waals surface area contributed by atoms with Crippen molar-refractivity contribution in [1.29, 1.82) is 0 Å². The second-order valence-electron chi connectivity index (χ2n) is 6.10. The van der Waals surface area contributed by atoms with Crippen LogP contribution in [0.1, 0.15) is 12.5 Å². The summed E-state index contributed by atoms with van der Waals surface area (Å²) in [5.41, 5.74) is 1.86. The third-order valence-electron chi connectivity index (χ3n) is 4.09. The highest BCUT2D eigenvalue weighted by Crippen LogP contribution is 2.20. The number of carbonyl (C=O) groups is 2. The fourth-order valence-corrected chi connectivity index (χ4v) is 3.44. The van der Waals surface area contributed by atoms with Gasteiger partial charge in [0.1, 0.15) is 5.82 Å². The summed E-state index contributed by atoms with van der Waals surface area (Å²) in [5, 5.41) is 5.52. The van der Waals surface area contributed by atoms with E-state index in [1.165, 1.54) is 5.56 Å². The Hall–Kier alpha value is -2.54. The van der Waals surface area contributed by atoms with Gasteiger partial charge in [-0.3, -0.25) is 9.59 Å². The molecule has 1 aromatic carbocycles. The first kappa shape index (κ1) is 18.3. The molecule has 0 bridgehead atoms. The average molecular weight is 370 g/mol. The van der Waals surface area contributed by atoms with Crippen molar-refractivity contribution in [3.05, 3.63) is 54.2 Å². The standard InChI is InChI=1S/C19H22N4O2S/c1-14(26-13-15-5-3-2-4-6-15)19(25)22-16-7-8-17(21-11-16)23-10-9-20-18(24)12-23/h2-8,11,14H,9-10,12-13H2,1H3,(H,20,24)(H,22,25)/t14-/m1/s1. The number of benzene rings is 1. The Bertz CT molecular complexity index is 752. The van der Waals surface area contributed by atoms with Crippen LogP contribution in [0.25, 0.3) is 0 Å². The number of pyridine rings is 1. The van der Waals surface area contributed by atoms with Gasteiger partial charge in [-0.15, -0.1) is 11.8 Å². The van der Waals surface area contributed by atoms with E-state index >= 15 is 0 Å².